The predicted octanol–water partition coefficient (Wildman–Crippen LogP) is 3.23. The summed E-state index contributed by atoms with van der Waals surface area (Å²) in [6.45, 7) is 2.87. The predicted molar refractivity (Wildman–Crippen MR) is 91.5 cm³/mol. The van der Waals surface area contributed by atoms with Crippen molar-refractivity contribution in [1.82, 2.24) is 14.7 Å². The number of rotatable bonds is 5. The molecule has 2 aromatic rings. The van der Waals surface area contributed by atoms with Gasteiger partial charge in [-0.3, -0.25) is 14.3 Å². The largest absolute Gasteiger partial charge is 0.341 e. The Hall–Kier alpha value is -2.57. The number of carbonyl (C=O) groups is 2. The molecule has 1 aliphatic rings. The summed E-state index contributed by atoms with van der Waals surface area (Å²) in [5, 5.41) is 4.15. The van der Waals surface area contributed by atoms with Crippen LogP contribution in [-0.2, 0) is 4.79 Å². The molecule has 1 aliphatic heterocycles. The lowest BCUT2D eigenvalue weighted by Gasteiger charge is -2.33. The number of carbonyl (C=O) groups excluding carboxylic acids is 2. The molecule has 1 fully saturated rings. The van der Waals surface area contributed by atoms with Gasteiger partial charge in [0.05, 0.1) is 0 Å². The highest BCUT2D eigenvalue weighted by molar-refractivity contribution is 5.98. The second-order valence-corrected chi connectivity index (χ2v) is 6.50. The van der Waals surface area contributed by atoms with Crippen molar-refractivity contribution in [2.45, 2.75) is 32.2 Å². The first-order valence-corrected chi connectivity index (χ1v) is 8.78. The Labute approximate surface area is 150 Å². The van der Waals surface area contributed by atoms with E-state index in [2.05, 4.69) is 5.10 Å². The van der Waals surface area contributed by atoms with Crippen molar-refractivity contribution in [1.29, 1.82) is 0 Å². The summed E-state index contributed by atoms with van der Waals surface area (Å²) in [4.78, 5) is 27.0. The van der Waals surface area contributed by atoms with E-state index in [1.54, 1.807) is 28.0 Å². The Bertz CT molecular complexity index is 784. The third kappa shape index (κ3) is 3.66. The molecule has 7 heteroatoms. The lowest BCUT2D eigenvalue weighted by Crippen LogP contribution is -2.43. The summed E-state index contributed by atoms with van der Waals surface area (Å²) in [6, 6.07) is 4.66. The van der Waals surface area contributed by atoms with E-state index in [9.17, 15) is 18.4 Å². The zero-order chi connectivity index (χ0) is 18.7. The van der Waals surface area contributed by atoms with Crippen LogP contribution in [0.5, 0.6) is 0 Å². The SMILES string of the molecule is CC[C@H](C(=O)N1CCC(C(=O)c2ccc(F)c(F)c2)CC1)n1cccn1. The van der Waals surface area contributed by atoms with E-state index in [1.165, 1.54) is 6.07 Å². The molecule has 1 aromatic carbocycles. The smallest absolute Gasteiger partial charge is 0.247 e. The van der Waals surface area contributed by atoms with Crippen LogP contribution in [0.15, 0.2) is 36.7 Å². The number of likely N-dealkylation sites (tertiary alicyclic amines) is 1. The quantitative estimate of drug-likeness (QED) is 0.769. The van der Waals surface area contributed by atoms with Gasteiger partial charge in [-0.05, 0) is 43.5 Å². The van der Waals surface area contributed by atoms with Gasteiger partial charge in [0.25, 0.3) is 0 Å². The molecule has 1 aromatic heterocycles. The van der Waals surface area contributed by atoms with Gasteiger partial charge in [0.1, 0.15) is 6.04 Å². The molecule has 0 spiro atoms. The number of benzene rings is 1. The topological polar surface area (TPSA) is 55.2 Å². The lowest BCUT2D eigenvalue weighted by atomic mass is 9.88. The van der Waals surface area contributed by atoms with E-state index in [1.807, 2.05) is 6.92 Å². The molecular weight excluding hydrogens is 340 g/mol. The summed E-state index contributed by atoms with van der Waals surface area (Å²) < 4.78 is 28.0. The average molecular weight is 361 g/mol. The van der Waals surface area contributed by atoms with Crippen LogP contribution in [0.4, 0.5) is 8.78 Å². The highest BCUT2D eigenvalue weighted by Gasteiger charge is 2.31. The maximum Gasteiger partial charge on any atom is 0.247 e. The molecule has 0 unspecified atom stereocenters. The molecule has 0 radical (unpaired) electrons. The van der Waals surface area contributed by atoms with Crippen molar-refractivity contribution in [3.63, 3.8) is 0 Å². The molecule has 3 rings (SSSR count). The summed E-state index contributed by atoms with van der Waals surface area (Å²) in [7, 11) is 0. The monoisotopic (exact) mass is 361 g/mol. The van der Waals surface area contributed by atoms with Crippen molar-refractivity contribution >= 4 is 11.7 Å². The fourth-order valence-electron chi connectivity index (χ4n) is 3.40. The second kappa shape index (κ2) is 7.76. The molecule has 0 aliphatic carbocycles. The van der Waals surface area contributed by atoms with Crippen LogP contribution in [0.25, 0.3) is 0 Å². The molecule has 1 saturated heterocycles. The molecule has 1 atom stereocenters. The van der Waals surface area contributed by atoms with Crippen LogP contribution >= 0.6 is 0 Å². The van der Waals surface area contributed by atoms with E-state index in [-0.39, 0.29) is 29.2 Å². The van der Waals surface area contributed by atoms with E-state index < -0.39 is 11.6 Å². The second-order valence-electron chi connectivity index (χ2n) is 6.50. The standard InChI is InChI=1S/C19H21F2N3O2/c1-2-17(24-9-3-8-22-24)19(26)23-10-6-13(7-11-23)18(25)14-4-5-15(20)16(21)12-14/h3-5,8-9,12-13,17H,2,6-7,10-11H2,1H3/t17-/m1/s1. The molecule has 138 valence electrons. The first-order chi connectivity index (χ1) is 12.5. The van der Waals surface area contributed by atoms with Crippen molar-refractivity contribution in [2.75, 3.05) is 13.1 Å². The molecule has 1 amide bonds. The molecule has 5 nitrogen and oxygen atoms in total. The number of halogens is 2. The highest BCUT2D eigenvalue weighted by Crippen LogP contribution is 2.25. The van der Waals surface area contributed by atoms with Crippen molar-refractivity contribution in [2.24, 2.45) is 5.92 Å². The van der Waals surface area contributed by atoms with Gasteiger partial charge in [-0.2, -0.15) is 5.10 Å². The van der Waals surface area contributed by atoms with Crippen molar-refractivity contribution < 1.29 is 18.4 Å². The van der Waals surface area contributed by atoms with Crippen LogP contribution in [0, 0.1) is 17.6 Å². The van der Waals surface area contributed by atoms with Crippen LogP contribution in [-0.4, -0.2) is 39.5 Å². The molecular formula is C19H21F2N3O2. The van der Waals surface area contributed by atoms with Gasteiger partial charge in [-0.1, -0.05) is 6.92 Å². The number of aromatic nitrogens is 2. The van der Waals surface area contributed by atoms with Crippen molar-refractivity contribution in [3.05, 3.63) is 53.9 Å². The molecule has 0 bridgehead atoms. The van der Waals surface area contributed by atoms with Gasteiger partial charge in [-0.15, -0.1) is 0 Å². The first-order valence-electron chi connectivity index (χ1n) is 8.78. The number of piperidine rings is 1. The van der Waals surface area contributed by atoms with Gasteiger partial charge in [-0.25, -0.2) is 8.78 Å². The maximum absolute atomic E-state index is 13.3. The average Bonchev–Trinajstić information content (AvgIpc) is 3.18. The number of hydrogen-bond acceptors (Lipinski definition) is 3. The van der Waals surface area contributed by atoms with E-state index >= 15 is 0 Å². The minimum absolute atomic E-state index is 0.00470. The van der Waals surface area contributed by atoms with E-state index in [4.69, 9.17) is 0 Å². The Balaban J connectivity index is 1.62. The Morgan fingerprint density at radius 1 is 1.23 bits per heavy atom. The molecule has 0 N–H and O–H groups in total. The van der Waals surface area contributed by atoms with Crippen LogP contribution < -0.4 is 0 Å². The summed E-state index contributed by atoms with van der Waals surface area (Å²) in [6.07, 6.45) is 5.07. The zero-order valence-corrected chi connectivity index (χ0v) is 14.6. The number of ketones is 1. The zero-order valence-electron chi connectivity index (χ0n) is 14.6. The number of Topliss-reactive ketones (excluding diaryl/α,β-unsaturated/α-hetero) is 1. The Kier molecular flexibility index (Phi) is 5.44. The van der Waals surface area contributed by atoms with Crippen molar-refractivity contribution in [3.8, 4) is 0 Å². The molecule has 26 heavy (non-hydrogen) atoms. The maximum atomic E-state index is 13.3. The van der Waals surface area contributed by atoms with Crippen LogP contribution in [0.2, 0.25) is 0 Å². The number of nitrogens with zero attached hydrogens (tertiary/aromatic N) is 3. The fourth-order valence-corrected chi connectivity index (χ4v) is 3.40. The molecule has 0 saturated carbocycles. The van der Waals surface area contributed by atoms with Crippen LogP contribution in [0.1, 0.15) is 42.6 Å². The molecule has 2 heterocycles. The minimum Gasteiger partial charge on any atom is -0.341 e. The number of amides is 1. The fraction of sp³-hybridized carbons (Fsp3) is 0.421. The Morgan fingerprint density at radius 3 is 2.54 bits per heavy atom. The third-order valence-electron chi connectivity index (χ3n) is 4.90. The van der Waals surface area contributed by atoms with Gasteiger partial charge < -0.3 is 4.90 Å². The third-order valence-corrected chi connectivity index (χ3v) is 4.90. The lowest BCUT2D eigenvalue weighted by molar-refractivity contribution is -0.136. The van der Waals surface area contributed by atoms with E-state index in [0.29, 0.717) is 32.4 Å². The Morgan fingerprint density at radius 2 is 1.96 bits per heavy atom. The summed E-state index contributed by atoms with van der Waals surface area (Å²) in [5.41, 5.74) is 0.177. The summed E-state index contributed by atoms with van der Waals surface area (Å²) in [5.74, 6) is -2.47. The van der Waals surface area contributed by atoms with Gasteiger partial charge >= 0.3 is 0 Å². The first kappa shape index (κ1) is 18.2. The van der Waals surface area contributed by atoms with Crippen LogP contribution in [0.3, 0.4) is 0 Å². The van der Waals surface area contributed by atoms with Gasteiger partial charge in [0, 0.05) is 37.0 Å². The minimum atomic E-state index is -1.02. The normalized spacial score (nSPS) is 16.5. The van der Waals surface area contributed by atoms with Gasteiger partial charge in [0.2, 0.25) is 5.91 Å². The highest BCUT2D eigenvalue weighted by atomic mass is 19.2. The van der Waals surface area contributed by atoms with Gasteiger partial charge in [0.15, 0.2) is 17.4 Å². The van der Waals surface area contributed by atoms with E-state index in [0.717, 1.165) is 12.1 Å². The number of hydrogen-bond donors (Lipinski definition) is 0. The summed E-state index contributed by atoms with van der Waals surface area (Å²) >= 11 is 0.